The van der Waals surface area contributed by atoms with Crippen molar-refractivity contribution in [2.45, 2.75) is 19.4 Å². The number of rotatable bonds is 4. The van der Waals surface area contributed by atoms with Gasteiger partial charge in [-0.15, -0.1) is 0 Å². The number of aryl methyl sites for hydroxylation is 1. The first-order chi connectivity index (χ1) is 13.5. The Hall–Kier alpha value is -3.29. The summed E-state index contributed by atoms with van der Waals surface area (Å²) in [5, 5.41) is 3.70. The van der Waals surface area contributed by atoms with E-state index in [-0.39, 0.29) is 29.0 Å². The van der Waals surface area contributed by atoms with Crippen molar-refractivity contribution >= 4 is 5.91 Å². The summed E-state index contributed by atoms with van der Waals surface area (Å²) in [6, 6.07) is 10.3. The van der Waals surface area contributed by atoms with Crippen molar-refractivity contribution in [3.63, 3.8) is 0 Å². The fraction of sp³-hybridized carbons (Fsp3) is 0.250. The van der Waals surface area contributed by atoms with Gasteiger partial charge in [-0.1, -0.05) is 17.3 Å². The van der Waals surface area contributed by atoms with E-state index in [2.05, 4.69) is 10.1 Å². The number of likely N-dealkylation sites (tertiary alicyclic amines) is 1. The molecule has 1 atom stereocenters. The zero-order valence-corrected chi connectivity index (χ0v) is 15.1. The molecule has 4 rings (SSSR count). The van der Waals surface area contributed by atoms with Crippen molar-refractivity contribution in [3.05, 3.63) is 65.6 Å². The number of nitrogens with zero attached hydrogens (tertiary/aromatic N) is 3. The van der Waals surface area contributed by atoms with Gasteiger partial charge in [0.2, 0.25) is 11.7 Å². The highest BCUT2D eigenvalue weighted by Gasteiger charge is 2.29. The average molecular weight is 385 g/mol. The third kappa shape index (κ3) is 3.58. The lowest BCUT2D eigenvalue weighted by Crippen LogP contribution is -2.31. The fourth-order valence-corrected chi connectivity index (χ4v) is 3.17. The summed E-state index contributed by atoms with van der Waals surface area (Å²) in [6.07, 6.45) is 0.279. The monoisotopic (exact) mass is 385 g/mol. The van der Waals surface area contributed by atoms with Gasteiger partial charge in [-0.05, 0) is 24.3 Å². The van der Waals surface area contributed by atoms with Gasteiger partial charge in [-0.25, -0.2) is 8.78 Å². The molecule has 1 fully saturated rings. The largest absolute Gasteiger partial charge is 0.488 e. The van der Waals surface area contributed by atoms with E-state index in [9.17, 15) is 13.6 Å². The van der Waals surface area contributed by atoms with Crippen LogP contribution < -0.4 is 4.74 Å². The zero-order chi connectivity index (χ0) is 19.7. The van der Waals surface area contributed by atoms with E-state index in [1.807, 2.05) is 0 Å². The highest BCUT2D eigenvalue weighted by Crippen LogP contribution is 2.26. The second kappa shape index (κ2) is 7.38. The maximum absolute atomic E-state index is 14.4. The summed E-state index contributed by atoms with van der Waals surface area (Å²) >= 11 is 0. The second-order valence-corrected chi connectivity index (χ2v) is 6.54. The Morgan fingerprint density at radius 3 is 2.75 bits per heavy atom. The molecule has 2 aromatic carbocycles. The molecule has 3 aromatic rings. The average Bonchev–Trinajstić information content (AvgIpc) is 3.31. The Labute approximate surface area is 159 Å². The van der Waals surface area contributed by atoms with E-state index in [4.69, 9.17) is 9.26 Å². The molecule has 1 aliphatic heterocycles. The van der Waals surface area contributed by atoms with Gasteiger partial charge in [0.25, 0.3) is 5.91 Å². The minimum absolute atomic E-state index is 0.0361. The van der Waals surface area contributed by atoms with Crippen LogP contribution in [0.25, 0.3) is 11.4 Å². The molecule has 0 bridgehead atoms. The summed E-state index contributed by atoms with van der Waals surface area (Å²) in [5.74, 6) is -0.601. The third-order valence-electron chi connectivity index (χ3n) is 4.55. The van der Waals surface area contributed by atoms with Crippen LogP contribution in [0.5, 0.6) is 5.75 Å². The lowest BCUT2D eigenvalue weighted by atomic mass is 10.2. The normalized spacial score (nSPS) is 16.4. The number of carbonyl (C=O) groups is 1. The Morgan fingerprint density at radius 1 is 1.21 bits per heavy atom. The lowest BCUT2D eigenvalue weighted by molar-refractivity contribution is 0.0767. The predicted molar refractivity (Wildman–Crippen MR) is 95.8 cm³/mol. The summed E-state index contributed by atoms with van der Waals surface area (Å²) in [5.41, 5.74) is 0.251. The van der Waals surface area contributed by atoms with Gasteiger partial charge in [0, 0.05) is 26.0 Å². The summed E-state index contributed by atoms with van der Waals surface area (Å²) < 4.78 is 38.9. The van der Waals surface area contributed by atoms with Crippen LogP contribution in [0.2, 0.25) is 0 Å². The van der Waals surface area contributed by atoms with Crippen LogP contribution in [0.15, 0.2) is 47.0 Å². The first-order valence-electron chi connectivity index (χ1n) is 8.82. The first kappa shape index (κ1) is 18.1. The molecule has 1 amide bonds. The molecular weight excluding hydrogens is 368 g/mol. The molecule has 0 aliphatic carbocycles. The van der Waals surface area contributed by atoms with Crippen LogP contribution in [0, 0.1) is 18.6 Å². The zero-order valence-electron chi connectivity index (χ0n) is 15.1. The number of ether oxygens (including phenoxy) is 1. The quantitative estimate of drug-likeness (QED) is 0.686. The topological polar surface area (TPSA) is 68.5 Å². The Bertz CT molecular complexity index is 1020. The second-order valence-electron chi connectivity index (χ2n) is 6.54. The van der Waals surface area contributed by atoms with Gasteiger partial charge in [0.1, 0.15) is 23.5 Å². The number of amides is 1. The first-order valence-corrected chi connectivity index (χ1v) is 8.82. The SMILES string of the molecule is Cc1nc(-c2ccc(O[C@H]3CCN(C(=O)c4ccccc4F)C3)cc2F)no1. The number of aromatic nitrogens is 2. The van der Waals surface area contributed by atoms with E-state index in [0.29, 0.717) is 31.2 Å². The van der Waals surface area contributed by atoms with E-state index in [0.717, 1.165) is 0 Å². The van der Waals surface area contributed by atoms with Gasteiger partial charge >= 0.3 is 0 Å². The molecule has 0 spiro atoms. The molecule has 6 nitrogen and oxygen atoms in total. The number of hydrogen-bond acceptors (Lipinski definition) is 5. The number of halogens is 2. The van der Waals surface area contributed by atoms with Crippen molar-refractivity contribution in [2.24, 2.45) is 0 Å². The van der Waals surface area contributed by atoms with Gasteiger partial charge in [0.15, 0.2) is 0 Å². The molecule has 1 aliphatic rings. The van der Waals surface area contributed by atoms with Crippen molar-refractivity contribution in [3.8, 4) is 17.1 Å². The van der Waals surface area contributed by atoms with Crippen LogP contribution in [-0.2, 0) is 0 Å². The van der Waals surface area contributed by atoms with Gasteiger partial charge in [-0.2, -0.15) is 4.98 Å². The lowest BCUT2D eigenvalue weighted by Gasteiger charge is -2.18. The number of hydrogen-bond donors (Lipinski definition) is 0. The van der Waals surface area contributed by atoms with Gasteiger partial charge < -0.3 is 14.2 Å². The van der Waals surface area contributed by atoms with Crippen LogP contribution in [0.3, 0.4) is 0 Å². The van der Waals surface area contributed by atoms with E-state index < -0.39 is 11.6 Å². The van der Waals surface area contributed by atoms with Crippen molar-refractivity contribution in [1.82, 2.24) is 15.0 Å². The Morgan fingerprint density at radius 2 is 2.04 bits per heavy atom. The minimum atomic E-state index is -0.550. The standard InChI is InChI=1S/C20H17F2N3O3/c1-12-23-19(24-28-12)15-7-6-13(10-18(15)22)27-14-8-9-25(11-14)20(26)16-4-2-3-5-17(16)21/h2-7,10,14H,8-9,11H2,1H3/t14-/m0/s1. The molecule has 144 valence electrons. The van der Waals surface area contributed by atoms with Crippen molar-refractivity contribution in [2.75, 3.05) is 13.1 Å². The molecule has 28 heavy (non-hydrogen) atoms. The smallest absolute Gasteiger partial charge is 0.256 e. The molecule has 0 saturated carbocycles. The highest BCUT2D eigenvalue weighted by molar-refractivity contribution is 5.94. The van der Waals surface area contributed by atoms with E-state index in [1.165, 1.54) is 35.2 Å². The summed E-state index contributed by atoms with van der Waals surface area (Å²) in [6.45, 7) is 2.38. The van der Waals surface area contributed by atoms with Crippen molar-refractivity contribution < 1.29 is 22.8 Å². The minimum Gasteiger partial charge on any atom is -0.488 e. The Kier molecular flexibility index (Phi) is 4.77. The predicted octanol–water partition coefficient (Wildman–Crippen LogP) is 3.62. The maximum Gasteiger partial charge on any atom is 0.256 e. The van der Waals surface area contributed by atoms with Gasteiger partial charge in [-0.3, -0.25) is 4.79 Å². The van der Waals surface area contributed by atoms with E-state index >= 15 is 0 Å². The third-order valence-corrected chi connectivity index (χ3v) is 4.55. The van der Waals surface area contributed by atoms with Gasteiger partial charge in [0.05, 0.1) is 17.7 Å². The maximum atomic E-state index is 14.4. The van der Waals surface area contributed by atoms with Crippen LogP contribution in [-0.4, -0.2) is 40.1 Å². The molecule has 1 saturated heterocycles. The molecule has 0 unspecified atom stereocenters. The summed E-state index contributed by atoms with van der Waals surface area (Å²) in [4.78, 5) is 18.0. The molecule has 8 heteroatoms. The van der Waals surface area contributed by atoms with Crippen molar-refractivity contribution in [1.29, 1.82) is 0 Å². The van der Waals surface area contributed by atoms with Crippen LogP contribution in [0.4, 0.5) is 8.78 Å². The summed E-state index contributed by atoms with van der Waals surface area (Å²) in [7, 11) is 0. The molecule has 0 N–H and O–H groups in total. The van der Waals surface area contributed by atoms with Crippen LogP contribution >= 0.6 is 0 Å². The number of benzene rings is 2. The molecular formula is C20H17F2N3O3. The van der Waals surface area contributed by atoms with Crippen LogP contribution in [0.1, 0.15) is 22.7 Å². The fourth-order valence-electron chi connectivity index (χ4n) is 3.17. The van der Waals surface area contributed by atoms with E-state index in [1.54, 1.807) is 19.1 Å². The highest BCUT2D eigenvalue weighted by atomic mass is 19.1. The molecule has 1 aromatic heterocycles. The molecule has 0 radical (unpaired) electrons. The molecule has 2 heterocycles. The number of carbonyl (C=O) groups excluding carboxylic acids is 1. The Balaban J connectivity index is 1.42.